The molecule has 0 spiro atoms. The van der Waals surface area contributed by atoms with Gasteiger partial charge in [0.2, 0.25) is 0 Å². The predicted octanol–water partition coefficient (Wildman–Crippen LogP) is 3.12. The summed E-state index contributed by atoms with van der Waals surface area (Å²) < 4.78 is 5.11. The van der Waals surface area contributed by atoms with Crippen LogP contribution in [0.15, 0.2) is 48.5 Å². The van der Waals surface area contributed by atoms with Crippen molar-refractivity contribution in [1.29, 1.82) is 0 Å². The zero-order chi connectivity index (χ0) is 17.6. The third-order valence-electron chi connectivity index (χ3n) is 4.61. The molecule has 132 valence electrons. The second-order valence-electron chi connectivity index (χ2n) is 6.27. The van der Waals surface area contributed by atoms with Crippen molar-refractivity contribution in [1.82, 2.24) is 5.32 Å². The first-order valence-corrected chi connectivity index (χ1v) is 8.65. The van der Waals surface area contributed by atoms with E-state index in [2.05, 4.69) is 10.6 Å². The number of hydrogen-bond donors (Lipinski definition) is 3. The minimum absolute atomic E-state index is 0.0211. The highest BCUT2D eigenvalue weighted by Crippen LogP contribution is 2.29. The zero-order valence-electron chi connectivity index (χ0n) is 14.4. The molecule has 2 unspecified atom stereocenters. The van der Waals surface area contributed by atoms with Gasteiger partial charge in [0.15, 0.2) is 0 Å². The quantitative estimate of drug-likeness (QED) is 0.782. The highest BCUT2D eigenvalue weighted by Gasteiger charge is 2.25. The molecule has 5 heteroatoms. The molecule has 2 atom stereocenters. The first-order chi connectivity index (χ1) is 12.2. The first-order valence-electron chi connectivity index (χ1n) is 8.65. The third-order valence-corrected chi connectivity index (χ3v) is 4.61. The van der Waals surface area contributed by atoms with Crippen LogP contribution in [-0.4, -0.2) is 30.7 Å². The van der Waals surface area contributed by atoms with E-state index in [0.717, 1.165) is 31.4 Å². The number of anilines is 1. The monoisotopic (exact) mass is 340 g/mol. The smallest absolute Gasteiger partial charge is 0.255 e. The molecule has 1 aliphatic heterocycles. The maximum absolute atomic E-state index is 12.5. The van der Waals surface area contributed by atoms with E-state index in [-0.39, 0.29) is 11.9 Å². The number of hydrogen-bond acceptors (Lipinski definition) is 4. The van der Waals surface area contributed by atoms with Crippen molar-refractivity contribution in [3.63, 3.8) is 0 Å². The minimum Gasteiger partial charge on any atom is -0.497 e. The Hall–Kier alpha value is -2.37. The highest BCUT2D eigenvalue weighted by atomic mass is 16.5. The molecule has 1 heterocycles. The van der Waals surface area contributed by atoms with E-state index >= 15 is 0 Å². The van der Waals surface area contributed by atoms with Gasteiger partial charge in [-0.15, -0.1) is 0 Å². The lowest BCUT2D eigenvalue weighted by atomic mass is 9.94. The molecule has 0 radical (unpaired) electrons. The lowest BCUT2D eigenvalue weighted by molar-refractivity contribution is 0.102. The molecule has 3 N–H and O–H groups in total. The number of carbonyl (C=O) groups is 1. The normalized spacial score (nSPS) is 18.4. The molecule has 25 heavy (non-hydrogen) atoms. The summed E-state index contributed by atoms with van der Waals surface area (Å²) >= 11 is 0. The van der Waals surface area contributed by atoms with E-state index in [1.54, 1.807) is 31.4 Å². The summed E-state index contributed by atoms with van der Waals surface area (Å²) in [6.45, 7) is 0.919. The van der Waals surface area contributed by atoms with E-state index in [1.165, 1.54) is 0 Å². The molecule has 0 bridgehead atoms. The van der Waals surface area contributed by atoms with Crippen LogP contribution in [0.4, 0.5) is 5.69 Å². The van der Waals surface area contributed by atoms with Crippen LogP contribution < -0.4 is 15.4 Å². The Morgan fingerprint density at radius 1 is 1.20 bits per heavy atom. The number of piperidine rings is 1. The van der Waals surface area contributed by atoms with E-state index in [9.17, 15) is 9.90 Å². The number of aliphatic hydroxyl groups excluding tert-OH is 1. The topological polar surface area (TPSA) is 70.6 Å². The van der Waals surface area contributed by atoms with Gasteiger partial charge in [0, 0.05) is 22.9 Å². The van der Waals surface area contributed by atoms with Gasteiger partial charge in [-0.25, -0.2) is 0 Å². The van der Waals surface area contributed by atoms with Crippen LogP contribution >= 0.6 is 0 Å². The summed E-state index contributed by atoms with van der Waals surface area (Å²) in [6.07, 6.45) is 2.53. The summed E-state index contributed by atoms with van der Waals surface area (Å²) in [7, 11) is 1.59. The summed E-state index contributed by atoms with van der Waals surface area (Å²) in [5, 5.41) is 17.0. The molecule has 1 amide bonds. The van der Waals surface area contributed by atoms with Crippen molar-refractivity contribution in [3.05, 3.63) is 59.7 Å². The van der Waals surface area contributed by atoms with Gasteiger partial charge in [0.1, 0.15) is 5.75 Å². The molecule has 2 aromatic carbocycles. The number of benzene rings is 2. The van der Waals surface area contributed by atoms with Crippen LogP contribution in [0.5, 0.6) is 5.75 Å². The molecular formula is C20H24N2O3. The van der Waals surface area contributed by atoms with Crippen molar-refractivity contribution in [2.24, 2.45) is 0 Å². The number of aliphatic hydroxyl groups is 1. The van der Waals surface area contributed by atoms with Crippen LogP contribution in [0.1, 0.15) is 41.3 Å². The number of rotatable bonds is 5. The average molecular weight is 340 g/mol. The molecule has 3 rings (SSSR count). The number of para-hydroxylation sites is 1. The van der Waals surface area contributed by atoms with Gasteiger partial charge in [0.25, 0.3) is 5.91 Å². The Labute approximate surface area is 148 Å². The Bertz CT molecular complexity index is 709. The number of nitrogens with one attached hydrogen (secondary N) is 2. The van der Waals surface area contributed by atoms with Gasteiger partial charge in [-0.2, -0.15) is 0 Å². The lowest BCUT2D eigenvalue weighted by Crippen LogP contribution is -2.39. The van der Waals surface area contributed by atoms with Gasteiger partial charge >= 0.3 is 0 Å². The second kappa shape index (κ2) is 8.14. The van der Waals surface area contributed by atoms with E-state index < -0.39 is 6.10 Å². The fourth-order valence-electron chi connectivity index (χ4n) is 3.17. The summed E-state index contributed by atoms with van der Waals surface area (Å²) in [5.41, 5.74) is 1.92. The molecular weight excluding hydrogens is 316 g/mol. The van der Waals surface area contributed by atoms with E-state index in [0.29, 0.717) is 17.0 Å². The van der Waals surface area contributed by atoms with Crippen molar-refractivity contribution in [2.75, 3.05) is 19.0 Å². The van der Waals surface area contributed by atoms with Crippen molar-refractivity contribution < 1.29 is 14.6 Å². The van der Waals surface area contributed by atoms with Gasteiger partial charge in [-0.3, -0.25) is 4.79 Å². The largest absolute Gasteiger partial charge is 0.497 e. The molecule has 0 aliphatic carbocycles. The molecule has 0 aromatic heterocycles. The van der Waals surface area contributed by atoms with E-state index in [4.69, 9.17) is 4.74 Å². The molecule has 1 aliphatic rings. The van der Waals surface area contributed by atoms with Crippen LogP contribution in [0.3, 0.4) is 0 Å². The predicted molar refractivity (Wildman–Crippen MR) is 98.0 cm³/mol. The highest BCUT2D eigenvalue weighted by molar-refractivity contribution is 6.04. The van der Waals surface area contributed by atoms with Gasteiger partial charge in [0.05, 0.1) is 13.2 Å². The third kappa shape index (κ3) is 4.18. The van der Waals surface area contributed by atoms with Gasteiger partial charge in [-0.05, 0) is 49.7 Å². The Kier molecular flexibility index (Phi) is 5.68. The molecule has 1 saturated heterocycles. The number of amides is 1. The van der Waals surface area contributed by atoms with E-state index in [1.807, 2.05) is 24.3 Å². The molecule has 0 saturated carbocycles. The lowest BCUT2D eigenvalue weighted by Gasteiger charge is -2.29. The molecule has 2 aromatic rings. The van der Waals surface area contributed by atoms with Gasteiger partial charge in [-0.1, -0.05) is 24.6 Å². The standard InChI is InChI=1S/C20H24N2O3/c1-25-15-11-9-14(10-12-15)20(24)22-17-7-3-2-6-16(17)19(23)18-8-4-5-13-21-18/h2-3,6-7,9-12,18-19,21,23H,4-5,8,13H2,1H3,(H,22,24). The SMILES string of the molecule is COc1ccc(C(=O)Nc2ccccc2C(O)C2CCCCN2)cc1. The average Bonchev–Trinajstić information content (AvgIpc) is 2.68. The number of carbonyl (C=O) groups excluding carboxylic acids is 1. The summed E-state index contributed by atoms with van der Waals surface area (Å²) in [5.74, 6) is 0.495. The second-order valence-corrected chi connectivity index (χ2v) is 6.27. The molecule has 5 nitrogen and oxygen atoms in total. The number of ether oxygens (including phenoxy) is 1. The summed E-state index contributed by atoms with van der Waals surface area (Å²) in [4.78, 5) is 12.5. The summed E-state index contributed by atoms with van der Waals surface area (Å²) in [6, 6.07) is 14.4. The zero-order valence-corrected chi connectivity index (χ0v) is 14.4. The van der Waals surface area contributed by atoms with Crippen LogP contribution in [-0.2, 0) is 0 Å². The Morgan fingerprint density at radius 3 is 2.64 bits per heavy atom. The number of methoxy groups -OCH3 is 1. The minimum atomic E-state index is -0.646. The maximum atomic E-state index is 12.5. The maximum Gasteiger partial charge on any atom is 0.255 e. The van der Waals surface area contributed by atoms with Crippen molar-refractivity contribution >= 4 is 11.6 Å². The van der Waals surface area contributed by atoms with Crippen molar-refractivity contribution in [2.45, 2.75) is 31.4 Å². The Balaban J connectivity index is 1.76. The van der Waals surface area contributed by atoms with Crippen LogP contribution in [0.25, 0.3) is 0 Å². The van der Waals surface area contributed by atoms with Crippen LogP contribution in [0, 0.1) is 0 Å². The fourth-order valence-corrected chi connectivity index (χ4v) is 3.17. The van der Waals surface area contributed by atoms with Gasteiger partial charge < -0.3 is 20.5 Å². The molecule has 1 fully saturated rings. The fraction of sp³-hybridized carbons (Fsp3) is 0.350. The van der Waals surface area contributed by atoms with Crippen LogP contribution in [0.2, 0.25) is 0 Å². The van der Waals surface area contributed by atoms with Crippen molar-refractivity contribution in [3.8, 4) is 5.75 Å². The Morgan fingerprint density at radius 2 is 1.96 bits per heavy atom. The first kappa shape index (κ1) is 17.5.